The van der Waals surface area contributed by atoms with Gasteiger partial charge in [0.05, 0.1) is 0 Å². The van der Waals surface area contributed by atoms with Crippen molar-refractivity contribution in [3.05, 3.63) is 29.8 Å². The molecule has 0 spiro atoms. The number of aliphatic hydroxyl groups excluding tert-OH is 1. The molecule has 0 heterocycles. The molecule has 108 valence electrons. The highest BCUT2D eigenvalue weighted by atomic mass is 16.5. The molecule has 0 atom stereocenters. The summed E-state index contributed by atoms with van der Waals surface area (Å²) in [5.41, 5.74) is 1.21. The van der Waals surface area contributed by atoms with Crippen LogP contribution in [0, 0.1) is 16.7 Å². The van der Waals surface area contributed by atoms with Crippen LogP contribution in [0.1, 0.15) is 31.2 Å². The topological polar surface area (TPSA) is 65.3 Å². The molecule has 0 aromatic heterocycles. The molecule has 1 aromatic carbocycles. The summed E-state index contributed by atoms with van der Waals surface area (Å²) in [5, 5.41) is 21.5. The first kappa shape index (κ1) is 14.8. The molecule has 0 saturated heterocycles. The average molecular weight is 274 g/mol. The molecule has 1 fully saturated rings. The van der Waals surface area contributed by atoms with E-state index < -0.39 is 0 Å². The largest absolute Gasteiger partial charge is 0.479 e. The van der Waals surface area contributed by atoms with Gasteiger partial charge in [-0.05, 0) is 30.5 Å². The van der Waals surface area contributed by atoms with Crippen LogP contribution in [-0.4, -0.2) is 24.9 Å². The number of hydrogen-bond acceptors (Lipinski definition) is 4. The second kappa shape index (κ2) is 7.28. The zero-order valence-electron chi connectivity index (χ0n) is 11.8. The van der Waals surface area contributed by atoms with E-state index >= 15 is 0 Å². The van der Waals surface area contributed by atoms with Gasteiger partial charge < -0.3 is 15.2 Å². The van der Waals surface area contributed by atoms with E-state index in [1.807, 2.05) is 30.3 Å². The third-order valence-corrected chi connectivity index (χ3v) is 4.03. The first-order chi connectivity index (χ1) is 9.78. The summed E-state index contributed by atoms with van der Waals surface area (Å²) < 4.78 is 5.29. The number of nitrogens with one attached hydrogen (secondary N) is 1. The van der Waals surface area contributed by atoms with Crippen molar-refractivity contribution in [2.24, 2.45) is 5.41 Å². The molecule has 0 bridgehead atoms. The quantitative estimate of drug-likeness (QED) is 0.800. The van der Waals surface area contributed by atoms with Gasteiger partial charge in [-0.2, -0.15) is 5.26 Å². The van der Waals surface area contributed by atoms with Crippen molar-refractivity contribution in [3.63, 3.8) is 0 Å². The molecule has 1 saturated carbocycles. The van der Waals surface area contributed by atoms with Crippen LogP contribution in [0.3, 0.4) is 0 Å². The Balaban J connectivity index is 1.83. The molecular weight excluding hydrogens is 252 g/mol. The second-order valence-electron chi connectivity index (χ2n) is 5.56. The van der Waals surface area contributed by atoms with Gasteiger partial charge in [-0.25, -0.2) is 0 Å². The molecule has 2 rings (SSSR count). The van der Waals surface area contributed by atoms with E-state index in [-0.39, 0.29) is 18.6 Å². The fourth-order valence-corrected chi connectivity index (χ4v) is 2.85. The zero-order chi connectivity index (χ0) is 14.3. The number of rotatable bonds is 7. The van der Waals surface area contributed by atoms with Gasteiger partial charge in [-0.15, -0.1) is 0 Å². The molecule has 0 aliphatic heterocycles. The molecule has 1 aliphatic carbocycles. The first-order valence-electron chi connectivity index (χ1n) is 7.18. The van der Waals surface area contributed by atoms with Crippen LogP contribution in [0.5, 0.6) is 5.75 Å². The molecule has 1 aromatic rings. The van der Waals surface area contributed by atoms with Gasteiger partial charge in [0, 0.05) is 25.1 Å². The van der Waals surface area contributed by atoms with E-state index in [1.165, 1.54) is 12.8 Å². The Bertz CT molecular complexity index is 462. The summed E-state index contributed by atoms with van der Waals surface area (Å²) in [4.78, 5) is 0. The Morgan fingerprint density at radius 3 is 2.85 bits per heavy atom. The standard InChI is InChI=1S/C16H22N2O2/c17-8-9-20-15-5-3-4-14(10-15)11-18-12-16(13-19)6-1-2-7-16/h3-5,10,18-19H,1-2,6-7,9,11-13H2. The SMILES string of the molecule is N#CCOc1cccc(CNCC2(CO)CCCC2)c1. The van der Waals surface area contributed by atoms with E-state index in [2.05, 4.69) is 5.32 Å². The van der Waals surface area contributed by atoms with Crippen molar-refractivity contribution < 1.29 is 9.84 Å². The normalized spacial score (nSPS) is 16.8. The summed E-state index contributed by atoms with van der Waals surface area (Å²) in [6, 6.07) is 9.73. The maximum atomic E-state index is 9.56. The molecule has 0 radical (unpaired) electrons. The Morgan fingerprint density at radius 1 is 1.35 bits per heavy atom. The van der Waals surface area contributed by atoms with Crippen LogP contribution >= 0.6 is 0 Å². The van der Waals surface area contributed by atoms with Crippen LogP contribution in [-0.2, 0) is 6.54 Å². The first-order valence-corrected chi connectivity index (χ1v) is 7.18. The average Bonchev–Trinajstić information content (AvgIpc) is 2.95. The monoisotopic (exact) mass is 274 g/mol. The Labute approximate surface area is 120 Å². The molecular formula is C16H22N2O2. The number of ether oxygens (including phenoxy) is 1. The van der Waals surface area contributed by atoms with E-state index in [1.54, 1.807) is 0 Å². The Morgan fingerprint density at radius 2 is 2.15 bits per heavy atom. The number of benzene rings is 1. The third kappa shape index (κ3) is 3.96. The van der Waals surface area contributed by atoms with Crippen molar-refractivity contribution in [2.45, 2.75) is 32.2 Å². The van der Waals surface area contributed by atoms with Crippen LogP contribution in [0.25, 0.3) is 0 Å². The van der Waals surface area contributed by atoms with Crippen molar-refractivity contribution in [1.29, 1.82) is 5.26 Å². The van der Waals surface area contributed by atoms with E-state index in [0.717, 1.165) is 37.2 Å². The van der Waals surface area contributed by atoms with Crippen molar-refractivity contribution in [1.82, 2.24) is 5.32 Å². The molecule has 0 unspecified atom stereocenters. The second-order valence-corrected chi connectivity index (χ2v) is 5.56. The summed E-state index contributed by atoms with van der Waals surface area (Å²) in [7, 11) is 0. The Kier molecular flexibility index (Phi) is 5.40. The van der Waals surface area contributed by atoms with Crippen molar-refractivity contribution in [2.75, 3.05) is 19.8 Å². The fraction of sp³-hybridized carbons (Fsp3) is 0.562. The number of aliphatic hydroxyl groups is 1. The molecule has 2 N–H and O–H groups in total. The van der Waals surface area contributed by atoms with E-state index in [4.69, 9.17) is 10.00 Å². The molecule has 20 heavy (non-hydrogen) atoms. The number of nitrogens with zero attached hydrogens (tertiary/aromatic N) is 1. The zero-order valence-corrected chi connectivity index (χ0v) is 11.8. The highest BCUT2D eigenvalue weighted by Gasteiger charge is 2.32. The molecule has 4 heteroatoms. The minimum absolute atomic E-state index is 0.0739. The minimum atomic E-state index is 0.0739. The lowest BCUT2D eigenvalue weighted by Crippen LogP contribution is -2.34. The lowest BCUT2D eigenvalue weighted by atomic mass is 9.87. The predicted molar refractivity (Wildman–Crippen MR) is 77.2 cm³/mol. The van der Waals surface area contributed by atoms with Crippen molar-refractivity contribution >= 4 is 0 Å². The Hall–Kier alpha value is -1.57. The number of nitriles is 1. The van der Waals surface area contributed by atoms with Crippen LogP contribution in [0.2, 0.25) is 0 Å². The molecule has 0 amide bonds. The maximum Gasteiger partial charge on any atom is 0.174 e. The van der Waals surface area contributed by atoms with Gasteiger partial charge in [-0.3, -0.25) is 0 Å². The highest BCUT2D eigenvalue weighted by Crippen LogP contribution is 2.36. The van der Waals surface area contributed by atoms with Crippen molar-refractivity contribution in [3.8, 4) is 11.8 Å². The van der Waals surface area contributed by atoms with Gasteiger partial charge in [0.1, 0.15) is 11.8 Å². The van der Waals surface area contributed by atoms with E-state index in [0.29, 0.717) is 0 Å². The lowest BCUT2D eigenvalue weighted by Gasteiger charge is -2.26. The third-order valence-electron chi connectivity index (χ3n) is 4.03. The van der Waals surface area contributed by atoms with Gasteiger partial charge in [0.25, 0.3) is 0 Å². The van der Waals surface area contributed by atoms with E-state index in [9.17, 15) is 5.11 Å². The minimum Gasteiger partial charge on any atom is -0.479 e. The molecule has 1 aliphatic rings. The molecule has 4 nitrogen and oxygen atoms in total. The lowest BCUT2D eigenvalue weighted by molar-refractivity contribution is 0.128. The summed E-state index contributed by atoms with van der Waals surface area (Å²) in [5.74, 6) is 0.726. The smallest absolute Gasteiger partial charge is 0.174 e. The summed E-state index contributed by atoms with van der Waals surface area (Å²) in [6.45, 7) is 1.95. The number of hydrogen-bond donors (Lipinski definition) is 2. The maximum absolute atomic E-state index is 9.56. The van der Waals surface area contributed by atoms with Gasteiger partial charge in [0.15, 0.2) is 6.61 Å². The van der Waals surface area contributed by atoms with Gasteiger partial charge in [0.2, 0.25) is 0 Å². The highest BCUT2D eigenvalue weighted by molar-refractivity contribution is 5.28. The van der Waals surface area contributed by atoms with Crippen LogP contribution in [0.4, 0.5) is 0 Å². The van der Waals surface area contributed by atoms with Crippen LogP contribution in [0.15, 0.2) is 24.3 Å². The van der Waals surface area contributed by atoms with Gasteiger partial charge in [-0.1, -0.05) is 25.0 Å². The predicted octanol–water partition coefficient (Wildman–Crippen LogP) is 2.23. The summed E-state index contributed by atoms with van der Waals surface area (Å²) >= 11 is 0. The van der Waals surface area contributed by atoms with Gasteiger partial charge >= 0.3 is 0 Å². The van der Waals surface area contributed by atoms with Crippen LogP contribution < -0.4 is 10.1 Å². The summed E-state index contributed by atoms with van der Waals surface area (Å²) in [6.07, 6.45) is 4.67. The fourth-order valence-electron chi connectivity index (χ4n) is 2.85.